The van der Waals surface area contributed by atoms with Gasteiger partial charge in [0, 0.05) is 49.0 Å². The molecule has 2 aliphatic rings. The largest absolute Gasteiger partial charge is 0.340 e. The van der Waals surface area contributed by atoms with Crippen LogP contribution in [-0.2, 0) is 0 Å². The fraction of sp³-hybridized carbons (Fsp3) is 0.222. The van der Waals surface area contributed by atoms with Gasteiger partial charge in [-0.15, -0.1) is 0 Å². The number of pyridine rings is 2. The number of aromatic amines is 2. The molecule has 2 aliphatic heterocycles. The third kappa shape index (κ3) is 5.16. The quantitative estimate of drug-likeness (QED) is 0.253. The predicted octanol–water partition coefficient (Wildman–Crippen LogP) is 5.58. The average Bonchev–Trinajstić information content (AvgIpc) is 3.92. The Morgan fingerprint density at radius 1 is 0.674 bits per heavy atom. The normalized spacial score (nSPS) is 17.8. The van der Waals surface area contributed by atoms with Crippen LogP contribution in [0.3, 0.4) is 0 Å². The van der Waals surface area contributed by atoms with Crippen LogP contribution < -0.4 is 0 Å². The number of likely N-dealkylation sites (tertiary alicyclic amines) is 2. The summed E-state index contributed by atoms with van der Waals surface area (Å²) in [5.74, 6) is 8.08. The lowest BCUT2D eigenvalue weighted by atomic mass is 10.1. The van der Waals surface area contributed by atoms with E-state index in [1.807, 2.05) is 46.2 Å². The molecule has 46 heavy (non-hydrogen) atoms. The van der Waals surface area contributed by atoms with Crippen LogP contribution in [0, 0.1) is 11.8 Å². The number of imidazole rings is 2. The van der Waals surface area contributed by atoms with Crippen LogP contribution in [0.25, 0.3) is 22.1 Å². The van der Waals surface area contributed by atoms with Crippen molar-refractivity contribution in [3.05, 3.63) is 119 Å². The van der Waals surface area contributed by atoms with Crippen LogP contribution in [-0.4, -0.2) is 64.6 Å². The first-order valence-corrected chi connectivity index (χ1v) is 15.5. The molecular weight excluding hydrogens is 576 g/mol. The van der Waals surface area contributed by atoms with E-state index in [0.29, 0.717) is 24.2 Å². The van der Waals surface area contributed by atoms with Gasteiger partial charge in [0.1, 0.15) is 11.6 Å². The monoisotopic (exact) mass is 606 g/mol. The lowest BCUT2D eigenvalue weighted by Crippen LogP contribution is -2.31. The van der Waals surface area contributed by atoms with Gasteiger partial charge in [-0.1, -0.05) is 11.8 Å². The van der Waals surface area contributed by atoms with Crippen molar-refractivity contribution in [2.24, 2.45) is 0 Å². The summed E-state index contributed by atoms with van der Waals surface area (Å²) in [5, 5.41) is 0. The lowest BCUT2D eigenvalue weighted by molar-refractivity contribution is 0.0722. The number of amides is 2. The number of carbonyl (C=O) groups excluding carboxylic acids is 2. The number of H-pyrrole nitrogens is 2. The Kier molecular flexibility index (Phi) is 6.99. The van der Waals surface area contributed by atoms with Gasteiger partial charge in [0.2, 0.25) is 0 Å². The Bertz CT molecular complexity index is 1990. The highest BCUT2D eigenvalue weighted by Gasteiger charge is 2.34. The number of aromatic nitrogens is 6. The smallest absolute Gasteiger partial charge is 0.256 e. The molecule has 2 aromatic carbocycles. The zero-order valence-corrected chi connectivity index (χ0v) is 25.0. The van der Waals surface area contributed by atoms with Gasteiger partial charge < -0.3 is 19.8 Å². The van der Waals surface area contributed by atoms with Crippen LogP contribution in [0.2, 0.25) is 0 Å². The summed E-state index contributed by atoms with van der Waals surface area (Å²) < 4.78 is 0. The number of carbonyl (C=O) groups is 2. The van der Waals surface area contributed by atoms with E-state index in [0.717, 1.165) is 70.5 Å². The van der Waals surface area contributed by atoms with Crippen LogP contribution >= 0.6 is 0 Å². The van der Waals surface area contributed by atoms with E-state index in [1.54, 1.807) is 49.1 Å². The molecule has 0 radical (unpaired) electrons. The second-order valence-corrected chi connectivity index (χ2v) is 11.8. The number of fused-ring (bicyclic) bond motifs is 2. The predicted molar refractivity (Wildman–Crippen MR) is 173 cm³/mol. The molecule has 0 bridgehead atoms. The van der Waals surface area contributed by atoms with Crippen molar-refractivity contribution in [2.75, 3.05) is 13.1 Å². The molecule has 0 aliphatic carbocycles. The number of nitrogens with one attached hydrogen (secondary N) is 2. The Morgan fingerprint density at radius 2 is 1.15 bits per heavy atom. The van der Waals surface area contributed by atoms with Crippen LogP contribution in [0.15, 0.2) is 85.5 Å². The third-order valence-corrected chi connectivity index (χ3v) is 8.83. The molecule has 226 valence electrons. The Labute approximate surface area is 264 Å². The minimum atomic E-state index is -0.107. The first-order valence-electron chi connectivity index (χ1n) is 15.5. The van der Waals surface area contributed by atoms with E-state index in [9.17, 15) is 9.59 Å². The zero-order chi connectivity index (χ0) is 31.0. The fourth-order valence-electron chi connectivity index (χ4n) is 6.56. The van der Waals surface area contributed by atoms with Gasteiger partial charge in [0.15, 0.2) is 0 Å². The summed E-state index contributed by atoms with van der Waals surface area (Å²) in [5.41, 5.74) is 6.32. The van der Waals surface area contributed by atoms with Crippen molar-refractivity contribution in [2.45, 2.75) is 37.8 Å². The minimum absolute atomic E-state index is 0.0255. The van der Waals surface area contributed by atoms with Crippen LogP contribution in [0.4, 0.5) is 0 Å². The molecule has 6 heterocycles. The van der Waals surface area contributed by atoms with Gasteiger partial charge in [-0.05, 0) is 86.3 Å². The molecule has 10 nitrogen and oxygen atoms in total. The highest BCUT2D eigenvalue weighted by atomic mass is 16.2. The van der Waals surface area contributed by atoms with E-state index in [4.69, 9.17) is 9.97 Å². The van der Waals surface area contributed by atoms with Crippen LogP contribution in [0.5, 0.6) is 0 Å². The average molecular weight is 607 g/mol. The molecule has 2 N–H and O–H groups in total. The second-order valence-electron chi connectivity index (χ2n) is 11.8. The second kappa shape index (κ2) is 11.6. The van der Waals surface area contributed by atoms with Gasteiger partial charge in [-0.2, -0.15) is 0 Å². The topological polar surface area (TPSA) is 124 Å². The summed E-state index contributed by atoms with van der Waals surface area (Å²) in [6.07, 6.45) is 10.1. The van der Waals surface area contributed by atoms with E-state index >= 15 is 0 Å². The summed E-state index contributed by atoms with van der Waals surface area (Å²) >= 11 is 0. The van der Waals surface area contributed by atoms with Crippen molar-refractivity contribution >= 4 is 33.9 Å². The van der Waals surface area contributed by atoms with Gasteiger partial charge in [-0.3, -0.25) is 19.6 Å². The van der Waals surface area contributed by atoms with Crippen molar-refractivity contribution in [1.29, 1.82) is 0 Å². The standard InChI is InChI=1S/C36H30N8O2/c45-35(25-5-1-15-37-21-25)43-17-3-7-31(43)33-39-27-13-11-23(19-29(27)41-33)9-10-24-12-14-28-30(20-24)42-34(40-28)32-8-4-18-44(32)36(46)26-6-2-16-38-22-26/h1-2,5-6,11-16,19-22,31-32H,3-4,7-8,17-18H2,(H,39,41)(H,40,42)/t31-,32-/m0/s1. The highest BCUT2D eigenvalue weighted by Crippen LogP contribution is 2.34. The summed E-state index contributed by atoms with van der Waals surface area (Å²) in [4.78, 5) is 54.9. The Hall–Kier alpha value is -5.82. The lowest BCUT2D eigenvalue weighted by Gasteiger charge is -2.23. The Morgan fingerprint density at radius 3 is 1.59 bits per heavy atom. The van der Waals surface area contributed by atoms with Crippen molar-refractivity contribution in [3.8, 4) is 11.8 Å². The summed E-state index contributed by atoms with van der Waals surface area (Å²) in [7, 11) is 0. The highest BCUT2D eigenvalue weighted by molar-refractivity contribution is 5.95. The van der Waals surface area contributed by atoms with Crippen molar-refractivity contribution in [3.63, 3.8) is 0 Å². The molecule has 4 aromatic heterocycles. The number of benzene rings is 2. The van der Waals surface area contributed by atoms with E-state index in [2.05, 4.69) is 31.8 Å². The molecule has 0 spiro atoms. The first kappa shape index (κ1) is 27.7. The zero-order valence-electron chi connectivity index (χ0n) is 25.0. The molecule has 2 saturated heterocycles. The van der Waals surface area contributed by atoms with E-state index in [1.165, 1.54) is 0 Å². The maximum atomic E-state index is 13.2. The van der Waals surface area contributed by atoms with Crippen LogP contribution in [0.1, 0.15) is 81.3 Å². The number of hydrogen-bond acceptors (Lipinski definition) is 6. The van der Waals surface area contributed by atoms with Gasteiger partial charge in [-0.25, -0.2) is 9.97 Å². The molecular formula is C36H30N8O2. The summed E-state index contributed by atoms with van der Waals surface area (Å²) in [6, 6.07) is 18.8. The molecule has 6 aromatic rings. The fourth-order valence-corrected chi connectivity index (χ4v) is 6.56. The van der Waals surface area contributed by atoms with Crippen molar-refractivity contribution in [1.82, 2.24) is 39.7 Å². The van der Waals surface area contributed by atoms with E-state index in [-0.39, 0.29) is 23.9 Å². The maximum Gasteiger partial charge on any atom is 0.256 e. The SMILES string of the molecule is O=C(c1cccnc1)N1CCC[C@H]1c1nc2cc(C#Cc3ccc4[nH]c([C@@H]5CCCN5C(=O)c5cccnc5)nc4c3)ccc2[nH]1. The summed E-state index contributed by atoms with van der Waals surface area (Å²) in [6.45, 7) is 1.38. The molecule has 2 fully saturated rings. The van der Waals surface area contributed by atoms with Crippen molar-refractivity contribution < 1.29 is 9.59 Å². The molecule has 2 amide bonds. The van der Waals surface area contributed by atoms with E-state index < -0.39 is 0 Å². The number of rotatable bonds is 4. The number of nitrogens with zero attached hydrogens (tertiary/aromatic N) is 6. The van der Waals surface area contributed by atoms with Gasteiger partial charge >= 0.3 is 0 Å². The van der Waals surface area contributed by atoms with Gasteiger partial charge in [0.25, 0.3) is 11.8 Å². The minimum Gasteiger partial charge on any atom is -0.340 e. The molecule has 0 unspecified atom stereocenters. The molecule has 8 rings (SSSR count). The Balaban J connectivity index is 1.01. The maximum absolute atomic E-state index is 13.2. The number of hydrogen-bond donors (Lipinski definition) is 2. The van der Waals surface area contributed by atoms with Gasteiger partial charge in [0.05, 0.1) is 45.3 Å². The molecule has 10 heteroatoms. The third-order valence-electron chi connectivity index (χ3n) is 8.83. The first-order chi connectivity index (χ1) is 22.6. The molecule has 0 saturated carbocycles. The molecule has 2 atom stereocenters.